The van der Waals surface area contributed by atoms with Crippen molar-refractivity contribution in [3.05, 3.63) is 54.2 Å². The smallest absolute Gasteiger partial charge is 0.266 e. The quantitative estimate of drug-likeness (QED) is 0.459. The molecule has 1 aromatic carbocycles. The normalized spacial score (nSPS) is 15.4. The summed E-state index contributed by atoms with van der Waals surface area (Å²) in [6.07, 6.45) is 2.85. The van der Waals surface area contributed by atoms with E-state index in [1.165, 1.54) is 6.26 Å². The molecule has 0 bridgehead atoms. The number of carbonyl (C=O) groups is 1. The zero-order chi connectivity index (χ0) is 23.7. The zero-order valence-electron chi connectivity index (χ0n) is 19.2. The van der Waals surface area contributed by atoms with E-state index in [9.17, 15) is 10.1 Å². The molecule has 174 valence electrons. The topological polar surface area (TPSA) is 113 Å². The van der Waals surface area contributed by atoms with Crippen molar-refractivity contribution >= 4 is 22.8 Å². The van der Waals surface area contributed by atoms with Gasteiger partial charge in [-0.15, -0.1) is 0 Å². The summed E-state index contributed by atoms with van der Waals surface area (Å²) in [6.45, 7) is 6.04. The average Bonchev–Trinajstić information content (AvgIpc) is 3.61. The Morgan fingerprint density at radius 2 is 2.03 bits per heavy atom. The first-order valence-corrected chi connectivity index (χ1v) is 11.5. The number of nitrogens with zero attached hydrogens (tertiary/aromatic N) is 5. The molecule has 1 saturated heterocycles. The van der Waals surface area contributed by atoms with E-state index in [2.05, 4.69) is 33.9 Å². The van der Waals surface area contributed by atoms with Crippen LogP contribution in [0.15, 0.2) is 51.5 Å². The molecule has 0 spiro atoms. The van der Waals surface area contributed by atoms with Crippen molar-refractivity contribution in [3.8, 4) is 17.7 Å². The number of amides is 1. The molecule has 4 heterocycles. The van der Waals surface area contributed by atoms with Gasteiger partial charge in [0.05, 0.1) is 23.3 Å². The lowest BCUT2D eigenvalue weighted by Crippen LogP contribution is -2.41. The third-order valence-corrected chi connectivity index (χ3v) is 6.35. The molecule has 1 unspecified atom stereocenters. The molecule has 3 aromatic heterocycles. The summed E-state index contributed by atoms with van der Waals surface area (Å²) < 4.78 is 13.3. The minimum Gasteiger partial charge on any atom is -0.459 e. The van der Waals surface area contributed by atoms with Crippen LogP contribution in [-0.2, 0) is 11.3 Å². The second kappa shape index (κ2) is 9.06. The van der Waals surface area contributed by atoms with Gasteiger partial charge in [0, 0.05) is 25.6 Å². The van der Waals surface area contributed by atoms with Crippen molar-refractivity contribution in [1.82, 2.24) is 19.9 Å². The molecule has 1 aliphatic heterocycles. The molecule has 4 aromatic rings. The van der Waals surface area contributed by atoms with E-state index >= 15 is 0 Å². The Bertz CT molecular complexity index is 1340. The standard InChI is InChI=1S/C25H26N6O3/c1-3-31-20-8-5-4-7-18(20)28-22(31)16(2)27-23(32)17-10-12-30(13-11-17)25-19(15-26)29-24(34-25)21-9-6-14-33-21/h4-9,14,16-17H,3,10-13H2,1-2H3,(H,27,32). The molecule has 1 amide bonds. The predicted octanol–water partition coefficient (Wildman–Crippen LogP) is 4.27. The summed E-state index contributed by atoms with van der Waals surface area (Å²) in [6, 6.07) is 13.4. The van der Waals surface area contributed by atoms with E-state index in [1.807, 2.05) is 30.0 Å². The maximum atomic E-state index is 13.1. The van der Waals surface area contributed by atoms with Gasteiger partial charge in [-0.3, -0.25) is 4.79 Å². The second-order valence-corrected chi connectivity index (χ2v) is 8.46. The number of furan rings is 1. The number of nitrogens with one attached hydrogen (secondary N) is 1. The summed E-state index contributed by atoms with van der Waals surface area (Å²) in [5.41, 5.74) is 2.23. The largest absolute Gasteiger partial charge is 0.459 e. The van der Waals surface area contributed by atoms with E-state index in [-0.39, 0.29) is 29.5 Å². The van der Waals surface area contributed by atoms with E-state index in [0.717, 1.165) is 23.4 Å². The Labute approximate surface area is 197 Å². The molecule has 1 fully saturated rings. The number of hydrogen-bond acceptors (Lipinski definition) is 7. The van der Waals surface area contributed by atoms with Gasteiger partial charge in [0.2, 0.25) is 17.5 Å². The van der Waals surface area contributed by atoms with Crippen LogP contribution in [0.25, 0.3) is 22.7 Å². The molecule has 0 radical (unpaired) electrons. The van der Waals surface area contributed by atoms with Gasteiger partial charge >= 0.3 is 0 Å². The van der Waals surface area contributed by atoms with Crippen LogP contribution >= 0.6 is 0 Å². The zero-order valence-corrected chi connectivity index (χ0v) is 19.2. The van der Waals surface area contributed by atoms with Gasteiger partial charge in [0.1, 0.15) is 11.9 Å². The Hall–Kier alpha value is -4.06. The van der Waals surface area contributed by atoms with Crippen molar-refractivity contribution in [2.45, 2.75) is 39.3 Å². The lowest BCUT2D eigenvalue weighted by atomic mass is 9.95. The monoisotopic (exact) mass is 458 g/mol. The first kappa shape index (κ1) is 21.8. The van der Waals surface area contributed by atoms with Gasteiger partial charge in [-0.25, -0.2) is 4.98 Å². The lowest BCUT2D eigenvalue weighted by Gasteiger charge is -2.31. The highest BCUT2D eigenvalue weighted by atomic mass is 16.4. The highest BCUT2D eigenvalue weighted by Gasteiger charge is 2.30. The number of aromatic nitrogens is 3. The number of anilines is 1. The first-order valence-electron chi connectivity index (χ1n) is 11.5. The molecule has 1 N–H and O–H groups in total. The number of oxazole rings is 1. The van der Waals surface area contributed by atoms with Gasteiger partial charge in [-0.1, -0.05) is 12.1 Å². The fourth-order valence-corrected chi connectivity index (χ4v) is 4.60. The predicted molar refractivity (Wildman–Crippen MR) is 126 cm³/mol. The molecule has 9 nitrogen and oxygen atoms in total. The van der Waals surface area contributed by atoms with Crippen LogP contribution in [-0.4, -0.2) is 33.5 Å². The number of imidazole rings is 1. The highest BCUT2D eigenvalue weighted by Crippen LogP contribution is 2.31. The molecular weight excluding hydrogens is 432 g/mol. The van der Waals surface area contributed by atoms with E-state index in [1.54, 1.807) is 12.1 Å². The summed E-state index contributed by atoms with van der Waals surface area (Å²) in [5, 5.41) is 12.7. The minimum atomic E-state index is -0.201. The molecule has 1 atom stereocenters. The van der Waals surface area contributed by atoms with E-state index < -0.39 is 0 Å². The van der Waals surface area contributed by atoms with Gasteiger partial charge in [-0.05, 0) is 51.0 Å². The van der Waals surface area contributed by atoms with Crippen molar-refractivity contribution in [3.63, 3.8) is 0 Å². The van der Waals surface area contributed by atoms with Gasteiger partial charge < -0.3 is 23.6 Å². The number of nitriles is 1. The van der Waals surface area contributed by atoms with Crippen LogP contribution in [0.4, 0.5) is 5.88 Å². The number of para-hydroxylation sites is 2. The molecule has 9 heteroatoms. The Morgan fingerprint density at radius 3 is 2.74 bits per heavy atom. The fraction of sp³-hybridized carbons (Fsp3) is 0.360. The van der Waals surface area contributed by atoms with Gasteiger partial charge in [-0.2, -0.15) is 10.2 Å². The van der Waals surface area contributed by atoms with E-state index in [0.29, 0.717) is 37.6 Å². The second-order valence-electron chi connectivity index (χ2n) is 8.46. The molecule has 0 saturated carbocycles. The Kier molecular flexibility index (Phi) is 5.80. The maximum absolute atomic E-state index is 13.1. The fourth-order valence-electron chi connectivity index (χ4n) is 4.60. The molecule has 1 aliphatic rings. The third-order valence-electron chi connectivity index (χ3n) is 6.35. The third kappa shape index (κ3) is 3.92. The average molecular weight is 459 g/mol. The summed E-state index contributed by atoms with van der Waals surface area (Å²) in [4.78, 5) is 24.0. The van der Waals surface area contributed by atoms with Crippen molar-refractivity contribution in [1.29, 1.82) is 5.26 Å². The van der Waals surface area contributed by atoms with Crippen LogP contribution in [0.2, 0.25) is 0 Å². The number of carbonyl (C=O) groups excluding carboxylic acids is 1. The maximum Gasteiger partial charge on any atom is 0.266 e. The van der Waals surface area contributed by atoms with Gasteiger partial charge in [0.25, 0.3) is 5.89 Å². The van der Waals surface area contributed by atoms with Crippen LogP contribution in [0.1, 0.15) is 44.2 Å². The van der Waals surface area contributed by atoms with Crippen molar-refractivity contribution in [2.75, 3.05) is 18.0 Å². The Morgan fingerprint density at radius 1 is 1.24 bits per heavy atom. The number of rotatable bonds is 6. The molecule has 5 rings (SSSR count). The number of aryl methyl sites for hydroxylation is 1. The van der Waals surface area contributed by atoms with Crippen LogP contribution in [0.3, 0.4) is 0 Å². The number of fused-ring (bicyclic) bond motifs is 1. The van der Waals surface area contributed by atoms with Crippen LogP contribution in [0.5, 0.6) is 0 Å². The van der Waals surface area contributed by atoms with Crippen LogP contribution in [0, 0.1) is 17.2 Å². The SMILES string of the molecule is CCn1c(C(C)NC(=O)C2CCN(c3oc(-c4ccco4)nc3C#N)CC2)nc2ccccc21. The summed E-state index contributed by atoms with van der Waals surface area (Å²) in [5.74, 6) is 1.96. The Balaban J connectivity index is 1.24. The molecular formula is C25H26N6O3. The van der Waals surface area contributed by atoms with Crippen LogP contribution < -0.4 is 10.2 Å². The highest BCUT2D eigenvalue weighted by molar-refractivity contribution is 5.80. The molecule has 34 heavy (non-hydrogen) atoms. The van der Waals surface area contributed by atoms with Crippen molar-refractivity contribution < 1.29 is 13.6 Å². The molecule has 0 aliphatic carbocycles. The summed E-state index contributed by atoms with van der Waals surface area (Å²) >= 11 is 0. The lowest BCUT2D eigenvalue weighted by molar-refractivity contribution is -0.126. The summed E-state index contributed by atoms with van der Waals surface area (Å²) in [7, 11) is 0. The first-order chi connectivity index (χ1) is 16.6. The van der Waals surface area contributed by atoms with Gasteiger partial charge in [0.15, 0.2) is 5.76 Å². The number of benzene rings is 1. The van der Waals surface area contributed by atoms with E-state index in [4.69, 9.17) is 13.8 Å². The van der Waals surface area contributed by atoms with Crippen molar-refractivity contribution in [2.24, 2.45) is 5.92 Å². The minimum absolute atomic E-state index is 0.0243. The number of piperidine rings is 1. The number of hydrogen-bond donors (Lipinski definition) is 1.